The first-order valence-corrected chi connectivity index (χ1v) is 7.33. The quantitative estimate of drug-likeness (QED) is 0.755. The van der Waals surface area contributed by atoms with Gasteiger partial charge in [0.2, 0.25) is 11.8 Å². The van der Waals surface area contributed by atoms with Gasteiger partial charge in [-0.25, -0.2) is 0 Å². The molecule has 0 heterocycles. The van der Waals surface area contributed by atoms with Crippen molar-refractivity contribution in [2.45, 2.75) is 31.6 Å². The Balaban J connectivity index is 2.30. The Morgan fingerprint density at radius 2 is 1.75 bits per heavy atom. The lowest BCUT2D eigenvalue weighted by Crippen LogP contribution is -2.34. The minimum Gasteiger partial charge on any atom is -0.355 e. The Labute approximate surface area is 126 Å². The zero-order valence-electron chi connectivity index (χ0n) is 12.1. The summed E-state index contributed by atoms with van der Waals surface area (Å²) in [6.45, 7) is 5.70. The molecule has 1 aromatic carbocycles. The van der Waals surface area contributed by atoms with Crippen LogP contribution in [0.2, 0.25) is 0 Å². The normalized spacial score (nSPS) is 10.2. The van der Waals surface area contributed by atoms with Gasteiger partial charge in [-0.3, -0.25) is 9.59 Å². The summed E-state index contributed by atoms with van der Waals surface area (Å²) in [7, 11) is 0. The molecule has 0 aliphatic heterocycles. The van der Waals surface area contributed by atoms with Gasteiger partial charge in [0.15, 0.2) is 0 Å². The third-order valence-electron chi connectivity index (χ3n) is 3.08. The molecule has 0 spiro atoms. The van der Waals surface area contributed by atoms with E-state index in [1.807, 2.05) is 38.1 Å². The molecule has 20 heavy (non-hydrogen) atoms. The number of nitrogens with zero attached hydrogens (tertiary/aromatic N) is 1. The summed E-state index contributed by atoms with van der Waals surface area (Å²) in [5.74, 6) is 0.0130. The van der Waals surface area contributed by atoms with Crippen LogP contribution in [0.4, 0.5) is 0 Å². The van der Waals surface area contributed by atoms with E-state index in [4.69, 9.17) is 0 Å². The number of rotatable bonds is 7. The number of thiol groups is 1. The van der Waals surface area contributed by atoms with Crippen LogP contribution in [0.25, 0.3) is 0 Å². The molecule has 0 fully saturated rings. The van der Waals surface area contributed by atoms with E-state index in [2.05, 4.69) is 17.9 Å². The zero-order chi connectivity index (χ0) is 15.0. The van der Waals surface area contributed by atoms with E-state index in [9.17, 15) is 9.59 Å². The van der Waals surface area contributed by atoms with Gasteiger partial charge in [0.1, 0.15) is 0 Å². The average Bonchev–Trinajstić information content (AvgIpc) is 2.43. The van der Waals surface area contributed by atoms with Gasteiger partial charge in [0.25, 0.3) is 0 Å². The fraction of sp³-hybridized carbons (Fsp3) is 0.467. The number of hydrogen-bond acceptors (Lipinski definition) is 3. The predicted octanol–water partition coefficient (Wildman–Crippen LogP) is 1.89. The summed E-state index contributed by atoms with van der Waals surface area (Å²) in [4.78, 5) is 26.1. The van der Waals surface area contributed by atoms with Crippen molar-refractivity contribution < 1.29 is 9.59 Å². The standard InChI is InChI=1S/C15H22N2O2S/c1-3-17(4-2)15(19)9-10-16-14(18)11-12-5-7-13(20)8-6-12/h5-8,20H,3-4,9-11H2,1-2H3,(H,16,18). The molecule has 0 saturated heterocycles. The monoisotopic (exact) mass is 294 g/mol. The molecule has 0 bridgehead atoms. The molecule has 0 aliphatic rings. The van der Waals surface area contributed by atoms with Crippen LogP contribution < -0.4 is 5.32 Å². The van der Waals surface area contributed by atoms with Crippen molar-refractivity contribution in [1.82, 2.24) is 10.2 Å². The highest BCUT2D eigenvalue weighted by molar-refractivity contribution is 7.80. The molecule has 1 aromatic rings. The van der Waals surface area contributed by atoms with Gasteiger partial charge < -0.3 is 10.2 Å². The Morgan fingerprint density at radius 1 is 1.15 bits per heavy atom. The fourth-order valence-corrected chi connectivity index (χ4v) is 2.05. The first kappa shape index (κ1) is 16.6. The van der Waals surface area contributed by atoms with Crippen molar-refractivity contribution in [3.63, 3.8) is 0 Å². The van der Waals surface area contributed by atoms with Crippen molar-refractivity contribution in [2.24, 2.45) is 0 Å². The van der Waals surface area contributed by atoms with Gasteiger partial charge in [0, 0.05) is 31.0 Å². The molecule has 0 unspecified atom stereocenters. The number of nitrogens with one attached hydrogen (secondary N) is 1. The molecule has 1 rings (SSSR count). The third kappa shape index (κ3) is 5.65. The molecule has 4 nitrogen and oxygen atoms in total. The molecule has 0 atom stereocenters. The smallest absolute Gasteiger partial charge is 0.224 e. The Morgan fingerprint density at radius 3 is 2.30 bits per heavy atom. The number of benzene rings is 1. The zero-order valence-corrected chi connectivity index (χ0v) is 13.0. The highest BCUT2D eigenvalue weighted by Gasteiger charge is 2.09. The summed E-state index contributed by atoms with van der Waals surface area (Å²) >= 11 is 4.20. The number of carbonyl (C=O) groups excluding carboxylic acids is 2. The minimum absolute atomic E-state index is 0.0655. The highest BCUT2D eigenvalue weighted by atomic mass is 32.1. The first-order chi connectivity index (χ1) is 9.56. The van der Waals surface area contributed by atoms with Crippen LogP contribution in [0, 0.1) is 0 Å². The molecular formula is C15H22N2O2S. The minimum atomic E-state index is -0.0655. The summed E-state index contributed by atoms with van der Waals surface area (Å²) in [5, 5.41) is 2.77. The van der Waals surface area contributed by atoms with Crippen LogP contribution in [0.5, 0.6) is 0 Å². The van der Waals surface area contributed by atoms with Gasteiger partial charge >= 0.3 is 0 Å². The van der Waals surface area contributed by atoms with Crippen LogP contribution >= 0.6 is 12.6 Å². The SMILES string of the molecule is CCN(CC)C(=O)CCNC(=O)Cc1ccc(S)cc1. The third-order valence-corrected chi connectivity index (χ3v) is 3.38. The van der Waals surface area contributed by atoms with E-state index in [-0.39, 0.29) is 11.8 Å². The Hall–Kier alpha value is -1.49. The lowest BCUT2D eigenvalue weighted by atomic mass is 10.1. The molecule has 0 radical (unpaired) electrons. The molecule has 110 valence electrons. The second-order valence-corrected chi connectivity index (χ2v) is 5.03. The number of carbonyl (C=O) groups is 2. The lowest BCUT2D eigenvalue weighted by molar-refractivity contribution is -0.130. The molecule has 0 aromatic heterocycles. The Kier molecular flexibility index (Phi) is 7.15. The van der Waals surface area contributed by atoms with Crippen LogP contribution in [0.15, 0.2) is 29.2 Å². The average molecular weight is 294 g/mol. The molecular weight excluding hydrogens is 272 g/mol. The van der Waals surface area contributed by atoms with E-state index in [0.29, 0.717) is 32.5 Å². The van der Waals surface area contributed by atoms with Crippen LogP contribution in [0.3, 0.4) is 0 Å². The lowest BCUT2D eigenvalue weighted by Gasteiger charge is -2.18. The maximum absolute atomic E-state index is 11.7. The molecule has 1 N–H and O–H groups in total. The van der Waals surface area contributed by atoms with Gasteiger partial charge in [0.05, 0.1) is 6.42 Å². The molecule has 5 heteroatoms. The summed E-state index contributed by atoms with van der Waals surface area (Å²) in [5.41, 5.74) is 0.940. The summed E-state index contributed by atoms with van der Waals surface area (Å²) < 4.78 is 0. The summed E-state index contributed by atoms with van der Waals surface area (Å²) in [6, 6.07) is 7.47. The van der Waals surface area contributed by atoms with Crippen LogP contribution in [0.1, 0.15) is 25.8 Å². The first-order valence-electron chi connectivity index (χ1n) is 6.89. The molecule has 0 saturated carbocycles. The topological polar surface area (TPSA) is 49.4 Å². The van der Waals surface area contributed by atoms with E-state index >= 15 is 0 Å². The van der Waals surface area contributed by atoms with E-state index in [0.717, 1.165) is 10.5 Å². The number of hydrogen-bond donors (Lipinski definition) is 2. The predicted molar refractivity (Wildman–Crippen MR) is 83.0 cm³/mol. The van der Waals surface area contributed by atoms with Gasteiger partial charge in [-0.1, -0.05) is 12.1 Å². The van der Waals surface area contributed by atoms with Gasteiger partial charge in [-0.15, -0.1) is 12.6 Å². The maximum Gasteiger partial charge on any atom is 0.224 e. The largest absolute Gasteiger partial charge is 0.355 e. The maximum atomic E-state index is 11.7. The van der Waals surface area contributed by atoms with Crippen molar-refractivity contribution in [3.05, 3.63) is 29.8 Å². The second kappa shape index (κ2) is 8.64. The van der Waals surface area contributed by atoms with Crippen molar-refractivity contribution in [2.75, 3.05) is 19.6 Å². The highest BCUT2D eigenvalue weighted by Crippen LogP contribution is 2.08. The van der Waals surface area contributed by atoms with Crippen molar-refractivity contribution >= 4 is 24.4 Å². The fourth-order valence-electron chi connectivity index (χ4n) is 1.90. The van der Waals surface area contributed by atoms with Crippen molar-refractivity contribution in [1.29, 1.82) is 0 Å². The Bertz CT molecular complexity index is 442. The molecule has 0 aliphatic carbocycles. The summed E-state index contributed by atoms with van der Waals surface area (Å²) in [6.07, 6.45) is 0.677. The van der Waals surface area contributed by atoms with E-state index in [1.54, 1.807) is 4.90 Å². The van der Waals surface area contributed by atoms with E-state index in [1.165, 1.54) is 0 Å². The molecule has 2 amide bonds. The van der Waals surface area contributed by atoms with E-state index < -0.39 is 0 Å². The van der Waals surface area contributed by atoms with Crippen LogP contribution in [-0.4, -0.2) is 36.3 Å². The number of amides is 2. The van der Waals surface area contributed by atoms with Gasteiger partial charge in [-0.05, 0) is 31.5 Å². The van der Waals surface area contributed by atoms with Crippen LogP contribution in [-0.2, 0) is 16.0 Å². The second-order valence-electron chi connectivity index (χ2n) is 4.51. The van der Waals surface area contributed by atoms with Crippen molar-refractivity contribution in [3.8, 4) is 0 Å². The van der Waals surface area contributed by atoms with Gasteiger partial charge in [-0.2, -0.15) is 0 Å².